The maximum atomic E-state index is 12.1. The molecule has 0 aliphatic carbocycles. The Balaban J connectivity index is 1.52. The summed E-state index contributed by atoms with van der Waals surface area (Å²) in [7, 11) is 0. The molecule has 1 aliphatic heterocycles. The monoisotopic (exact) mass is 372 g/mol. The van der Waals surface area contributed by atoms with Crippen LogP contribution in [0.1, 0.15) is 34.3 Å². The number of nitrogens with one attached hydrogen (secondary N) is 1. The predicted octanol–water partition coefficient (Wildman–Crippen LogP) is 3.97. The van der Waals surface area contributed by atoms with Gasteiger partial charge in [0, 0.05) is 23.1 Å². The highest BCUT2D eigenvalue weighted by Crippen LogP contribution is 2.14. The summed E-state index contributed by atoms with van der Waals surface area (Å²) in [5.41, 5.74) is 3.14. The highest BCUT2D eigenvalue weighted by molar-refractivity contribution is 9.10. The molecule has 0 unspecified atom stereocenters. The van der Waals surface area contributed by atoms with Crippen molar-refractivity contribution < 1.29 is 4.79 Å². The molecule has 1 aliphatic rings. The molecule has 1 N–H and O–H groups in total. The van der Waals surface area contributed by atoms with Crippen LogP contribution in [-0.2, 0) is 13.1 Å². The van der Waals surface area contributed by atoms with E-state index in [1.165, 1.54) is 31.5 Å². The molecular weight excluding hydrogens is 352 g/mol. The maximum Gasteiger partial charge on any atom is 0.251 e. The van der Waals surface area contributed by atoms with Gasteiger partial charge in [-0.2, -0.15) is 0 Å². The van der Waals surface area contributed by atoms with Gasteiger partial charge in [0.25, 0.3) is 5.91 Å². The summed E-state index contributed by atoms with van der Waals surface area (Å²) in [5.74, 6) is -0.0487. The third-order valence-electron chi connectivity index (χ3n) is 4.17. The number of rotatable bonds is 5. The normalized spacial score (nSPS) is 14.8. The van der Waals surface area contributed by atoms with Crippen molar-refractivity contribution in [2.24, 2.45) is 0 Å². The maximum absolute atomic E-state index is 12.1. The topological polar surface area (TPSA) is 32.3 Å². The number of likely N-dealkylation sites (tertiary alicyclic amines) is 1. The van der Waals surface area contributed by atoms with Gasteiger partial charge in [0.2, 0.25) is 0 Å². The number of hydrogen-bond donors (Lipinski definition) is 1. The Morgan fingerprint density at radius 1 is 1.04 bits per heavy atom. The van der Waals surface area contributed by atoms with Crippen LogP contribution in [0.4, 0.5) is 0 Å². The van der Waals surface area contributed by atoms with Gasteiger partial charge in [-0.25, -0.2) is 0 Å². The van der Waals surface area contributed by atoms with Crippen molar-refractivity contribution in [1.82, 2.24) is 10.2 Å². The zero-order valence-electron chi connectivity index (χ0n) is 13.1. The number of carbonyl (C=O) groups is 1. The molecule has 0 saturated carbocycles. The number of carbonyl (C=O) groups excluding carboxylic acids is 1. The van der Waals surface area contributed by atoms with Gasteiger partial charge in [-0.15, -0.1) is 0 Å². The Kier molecular flexibility index (Phi) is 5.47. The lowest BCUT2D eigenvalue weighted by molar-refractivity contribution is 0.0951. The van der Waals surface area contributed by atoms with Crippen molar-refractivity contribution in [3.63, 3.8) is 0 Å². The minimum Gasteiger partial charge on any atom is -0.348 e. The van der Waals surface area contributed by atoms with Gasteiger partial charge >= 0.3 is 0 Å². The van der Waals surface area contributed by atoms with E-state index in [4.69, 9.17) is 0 Å². The molecule has 120 valence electrons. The van der Waals surface area contributed by atoms with E-state index in [0.717, 1.165) is 16.6 Å². The SMILES string of the molecule is O=C(NCc1ccc(CN2CCCC2)cc1)c1cccc(Br)c1. The summed E-state index contributed by atoms with van der Waals surface area (Å²) < 4.78 is 0.913. The van der Waals surface area contributed by atoms with Gasteiger partial charge in [0.15, 0.2) is 0 Å². The van der Waals surface area contributed by atoms with E-state index in [9.17, 15) is 4.79 Å². The fourth-order valence-electron chi connectivity index (χ4n) is 2.88. The van der Waals surface area contributed by atoms with Gasteiger partial charge in [-0.3, -0.25) is 9.69 Å². The first kappa shape index (κ1) is 16.2. The molecule has 0 radical (unpaired) electrons. The molecule has 0 aromatic heterocycles. The lowest BCUT2D eigenvalue weighted by Crippen LogP contribution is -2.22. The van der Waals surface area contributed by atoms with Crippen molar-refractivity contribution in [2.75, 3.05) is 13.1 Å². The molecule has 1 fully saturated rings. The molecule has 3 nitrogen and oxygen atoms in total. The summed E-state index contributed by atoms with van der Waals surface area (Å²) >= 11 is 3.39. The van der Waals surface area contributed by atoms with Crippen molar-refractivity contribution in [1.29, 1.82) is 0 Å². The predicted molar refractivity (Wildman–Crippen MR) is 96.3 cm³/mol. The second-order valence-electron chi connectivity index (χ2n) is 5.99. The van der Waals surface area contributed by atoms with Gasteiger partial charge < -0.3 is 5.32 Å². The highest BCUT2D eigenvalue weighted by Gasteiger charge is 2.11. The van der Waals surface area contributed by atoms with Crippen LogP contribution in [0, 0.1) is 0 Å². The Labute approximate surface area is 145 Å². The number of amides is 1. The molecule has 1 saturated heterocycles. The average Bonchev–Trinajstić information content (AvgIpc) is 3.07. The van der Waals surface area contributed by atoms with Crippen LogP contribution in [0.5, 0.6) is 0 Å². The van der Waals surface area contributed by atoms with Crippen molar-refractivity contribution in [3.05, 3.63) is 69.7 Å². The summed E-state index contributed by atoms with van der Waals surface area (Å²) in [6, 6.07) is 16.0. The van der Waals surface area contributed by atoms with Crippen molar-refractivity contribution in [2.45, 2.75) is 25.9 Å². The Hall–Kier alpha value is -1.65. The molecule has 2 aromatic carbocycles. The quantitative estimate of drug-likeness (QED) is 0.860. The average molecular weight is 373 g/mol. The molecular formula is C19H21BrN2O. The largest absolute Gasteiger partial charge is 0.348 e. The van der Waals surface area contributed by atoms with Gasteiger partial charge in [-0.1, -0.05) is 46.3 Å². The molecule has 4 heteroatoms. The van der Waals surface area contributed by atoms with E-state index in [0.29, 0.717) is 12.1 Å². The van der Waals surface area contributed by atoms with Crippen molar-refractivity contribution >= 4 is 21.8 Å². The van der Waals surface area contributed by atoms with E-state index in [1.807, 2.05) is 24.3 Å². The van der Waals surface area contributed by atoms with Crippen LogP contribution < -0.4 is 5.32 Å². The van der Waals surface area contributed by atoms with Crippen LogP contribution in [0.25, 0.3) is 0 Å². The Bertz CT molecular complexity index is 663. The molecule has 0 atom stereocenters. The molecule has 0 bridgehead atoms. The lowest BCUT2D eigenvalue weighted by atomic mass is 10.1. The Morgan fingerprint density at radius 2 is 1.74 bits per heavy atom. The summed E-state index contributed by atoms with van der Waals surface area (Å²) in [5, 5.41) is 2.96. The van der Waals surface area contributed by atoms with E-state index >= 15 is 0 Å². The second-order valence-corrected chi connectivity index (χ2v) is 6.91. The second kappa shape index (κ2) is 7.75. The van der Waals surface area contributed by atoms with E-state index in [2.05, 4.69) is 50.4 Å². The van der Waals surface area contributed by atoms with E-state index in [1.54, 1.807) is 0 Å². The molecule has 0 spiro atoms. The van der Waals surface area contributed by atoms with E-state index in [-0.39, 0.29) is 5.91 Å². The minimum absolute atomic E-state index is 0.0487. The Morgan fingerprint density at radius 3 is 2.43 bits per heavy atom. The third kappa shape index (κ3) is 4.66. The molecule has 23 heavy (non-hydrogen) atoms. The minimum atomic E-state index is -0.0487. The highest BCUT2D eigenvalue weighted by atomic mass is 79.9. The fraction of sp³-hybridized carbons (Fsp3) is 0.316. The first-order chi connectivity index (χ1) is 11.2. The van der Waals surface area contributed by atoms with E-state index < -0.39 is 0 Å². The van der Waals surface area contributed by atoms with Crippen LogP contribution >= 0.6 is 15.9 Å². The van der Waals surface area contributed by atoms with Crippen LogP contribution in [0.2, 0.25) is 0 Å². The third-order valence-corrected chi connectivity index (χ3v) is 4.66. The van der Waals surface area contributed by atoms with Gasteiger partial charge in [0.1, 0.15) is 0 Å². The summed E-state index contributed by atoms with van der Waals surface area (Å²) in [6.07, 6.45) is 2.64. The number of benzene rings is 2. The molecule has 2 aromatic rings. The fourth-order valence-corrected chi connectivity index (χ4v) is 3.27. The number of hydrogen-bond acceptors (Lipinski definition) is 2. The zero-order chi connectivity index (χ0) is 16.1. The first-order valence-electron chi connectivity index (χ1n) is 8.05. The smallest absolute Gasteiger partial charge is 0.251 e. The summed E-state index contributed by atoms with van der Waals surface area (Å²) in [6.45, 7) is 4.01. The lowest BCUT2D eigenvalue weighted by Gasteiger charge is -2.14. The number of halogens is 1. The number of nitrogens with zero attached hydrogens (tertiary/aromatic N) is 1. The van der Waals surface area contributed by atoms with Crippen LogP contribution in [-0.4, -0.2) is 23.9 Å². The first-order valence-corrected chi connectivity index (χ1v) is 8.84. The molecule has 1 amide bonds. The van der Waals surface area contributed by atoms with Crippen LogP contribution in [0.15, 0.2) is 53.0 Å². The zero-order valence-corrected chi connectivity index (χ0v) is 14.7. The molecule has 1 heterocycles. The van der Waals surface area contributed by atoms with Gasteiger partial charge in [-0.05, 0) is 55.3 Å². The van der Waals surface area contributed by atoms with Gasteiger partial charge in [0.05, 0.1) is 0 Å². The molecule has 3 rings (SSSR count). The van der Waals surface area contributed by atoms with Crippen molar-refractivity contribution in [3.8, 4) is 0 Å². The standard InChI is InChI=1S/C19H21BrN2O/c20-18-5-3-4-17(12-18)19(23)21-13-15-6-8-16(9-7-15)14-22-10-1-2-11-22/h3-9,12H,1-2,10-11,13-14H2,(H,21,23). The summed E-state index contributed by atoms with van der Waals surface area (Å²) in [4.78, 5) is 14.6. The van der Waals surface area contributed by atoms with Crippen LogP contribution in [0.3, 0.4) is 0 Å².